The van der Waals surface area contributed by atoms with Crippen molar-refractivity contribution in [3.8, 4) is 5.75 Å². The molecule has 1 aromatic heterocycles. The number of carbonyl (C=O) groups is 1. The lowest BCUT2D eigenvalue weighted by atomic mass is 10.1. The van der Waals surface area contributed by atoms with E-state index in [1.165, 1.54) is 12.8 Å². The molecule has 0 atom stereocenters. The van der Waals surface area contributed by atoms with E-state index in [2.05, 4.69) is 18.4 Å². The third kappa shape index (κ3) is 4.57. The van der Waals surface area contributed by atoms with Crippen molar-refractivity contribution in [2.45, 2.75) is 52.1 Å². The van der Waals surface area contributed by atoms with Gasteiger partial charge in [0.15, 0.2) is 0 Å². The van der Waals surface area contributed by atoms with Crippen molar-refractivity contribution in [3.63, 3.8) is 0 Å². The van der Waals surface area contributed by atoms with E-state index < -0.39 is 0 Å². The summed E-state index contributed by atoms with van der Waals surface area (Å²) in [4.78, 5) is 20.4. The van der Waals surface area contributed by atoms with E-state index in [9.17, 15) is 4.79 Å². The number of halogens is 1. The lowest BCUT2D eigenvalue weighted by Gasteiger charge is -2.26. The molecule has 0 unspecified atom stereocenters. The van der Waals surface area contributed by atoms with Crippen LogP contribution in [0.1, 0.15) is 61.8 Å². The molecule has 0 spiro atoms. The van der Waals surface area contributed by atoms with Crippen LogP contribution < -0.4 is 4.74 Å². The van der Waals surface area contributed by atoms with Gasteiger partial charge in [0.2, 0.25) is 0 Å². The molecule has 0 bridgehead atoms. The molecule has 164 valence electrons. The number of amides is 1. The Bertz CT molecular complexity index is 1070. The number of hydrogen-bond acceptors (Lipinski definition) is 3. The van der Waals surface area contributed by atoms with Gasteiger partial charge in [0.05, 0.1) is 30.3 Å². The number of nitrogens with zero attached hydrogens (tertiary/aromatic N) is 3. The highest BCUT2D eigenvalue weighted by atomic mass is 35.5. The second-order valence-corrected chi connectivity index (χ2v) is 9.19. The molecule has 4 rings (SSSR count). The van der Waals surface area contributed by atoms with Gasteiger partial charge in [0.25, 0.3) is 5.91 Å². The Hall–Kier alpha value is -2.53. The van der Waals surface area contributed by atoms with Gasteiger partial charge in [-0.05, 0) is 49.1 Å². The highest BCUT2D eigenvalue weighted by Gasteiger charge is 2.27. The molecule has 3 aromatic rings. The number of benzene rings is 2. The van der Waals surface area contributed by atoms with Gasteiger partial charge in [-0.1, -0.05) is 50.4 Å². The average Bonchev–Trinajstić information content (AvgIpc) is 3.39. The first-order valence-corrected chi connectivity index (χ1v) is 11.4. The topological polar surface area (TPSA) is 47.4 Å². The van der Waals surface area contributed by atoms with Crippen molar-refractivity contribution in [1.29, 1.82) is 0 Å². The van der Waals surface area contributed by atoms with E-state index in [-0.39, 0.29) is 5.91 Å². The Morgan fingerprint density at radius 2 is 1.97 bits per heavy atom. The zero-order valence-corrected chi connectivity index (χ0v) is 19.2. The van der Waals surface area contributed by atoms with Crippen LogP contribution >= 0.6 is 11.6 Å². The minimum Gasteiger partial charge on any atom is -0.496 e. The molecule has 6 heteroatoms. The molecule has 1 aliphatic carbocycles. The Morgan fingerprint density at radius 1 is 1.23 bits per heavy atom. The van der Waals surface area contributed by atoms with Gasteiger partial charge < -0.3 is 14.2 Å². The zero-order chi connectivity index (χ0) is 22.0. The molecule has 2 aromatic carbocycles. The molecule has 0 saturated heterocycles. The van der Waals surface area contributed by atoms with Crippen LogP contribution in [-0.4, -0.2) is 34.0 Å². The van der Waals surface area contributed by atoms with Crippen LogP contribution in [0, 0.1) is 5.92 Å². The standard InChI is InChI=1S/C25H30ClN3O2/c1-17(2)15-28(25(30)20-10-6-7-11-23(20)31-3)16-24-27-21-13-12-18(26)14-22(21)29(24)19-8-4-5-9-19/h6-7,10-14,17,19H,4-5,8-9,15-16H2,1-3H3. The van der Waals surface area contributed by atoms with Crippen molar-refractivity contribution < 1.29 is 9.53 Å². The van der Waals surface area contributed by atoms with Gasteiger partial charge in [-0.2, -0.15) is 0 Å². The molecular weight excluding hydrogens is 410 g/mol. The number of para-hydroxylation sites is 1. The Morgan fingerprint density at radius 3 is 2.68 bits per heavy atom. The van der Waals surface area contributed by atoms with Gasteiger partial charge in [-0.25, -0.2) is 4.98 Å². The van der Waals surface area contributed by atoms with Crippen LogP contribution in [-0.2, 0) is 6.54 Å². The molecule has 0 N–H and O–H groups in total. The van der Waals surface area contributed by atoms with E-state index in [1.807, 2.05) is 47.4 Å². The lowest BCUT2D eigenvalue weighted by molar-refractivity contribution is 0.0712. The maximum absolute atomic E-state index is 13.6. The molecule has 1 heterocycles. The normalized spacial score (nSPS) is 14.5. The van der Waals surface area contributed by atoms with E-state index in [1.54, 1.807) is 7.11 Å². The van der Waals surface area contributed by atoms with Gasteiger partial charge in [-0.15, -0.1) is 0 Å². The Labute approximate surface area is 189 Å². The monoisotopic (exact) mass is 439 g/mol. The van der Waals surface area contributed by atoms with E-state index in [0.717, 1.165) is 29.7 Å². The Balaban J connectivity index is 1.75. The summed E-state index contributed by atoms with van der Waals surface area (Å²) in [6, 6.07) is 13.7. The molecule has 1 aliphatic rings. The van der Waals surface area contributed by atoms with Crippen LogP contribution in [0.2, 0.25) is 5.02 Å². The number of ether oxygens (including phenoxy) is 1. The van der Waals surface area contributed by atoms with Gasteiger partial charge >= 0.3 is 0 Å². The predicted octanol–water partition coefficient (Wildman–Crippen LogP) is 6.11. The molecule has 5 nitrogen and oxygen atoms in total. The third-order valence-electron chi connectivity index (χ3n) is 5.96. The summed E-state index contributed by atoms with van der Waals surface area (Å²) >= 11 is 6.33. The smallest absolute Gasteiger partial charge is 0.258 e. The van der Waals surface area contributed by atoms with Crippen LogP contribution in [0.5, 0.6) is 5.75 Å². The number of hydrogen-bond donors (Lipinski definition) is 0. The van der Waals surface area contributed by atoms with Crippen LogP contribution in [0.15, 0.2) is 42.5 Å². The first kappa shape index (κ1) is 21.7. The van der Waals surface area contributed by atoms with E-state index in [0.29, 0.717) is 41.4 Å². The highest BCUT2D eigenvalue weighted by molar-refractivity contribution is 6.31. The van der Waals surface area contributed by atoms with Crippen molar-refractivity contribution in [1.82, 2.24) is 14.5 Å². The first-order chi connectivity index (χ1) is 15.0. The van der Waals surface area contributed by atoms with E-state index >= 15 is 0 Å². The molecule has 1 saturated carbocycles. The summed E-state index contributed by atoms with van der Waals surface area (Å²) in [5, 5.41) is 0.710. The summed E-state index contributed by atoms with van der Waals surface area (Å²) in [6.45, 7) is 5.35. The zero-order valence-electron chi connectivity index (χ0n) is 18.5. The van der Waals surface area contributed by atoms with Crippen molar-refractivity contribution >= 4 is 28.5 Å². The maximum atomic E-state index is 13.6. The lowest BCUT2D eigenvalue weighted by Crippen LogP contribution is -2.35. The summed E-state index contributed by atoms with van der Waals surface area (Å²) in [5.41, 5.74) is 2.57. The fourth-order valence-corrected chi connectivity index (χ4v) is 4.79. The average molecular weight is 440 g/mol. The van der Waals surface area contributed by atoms with Crippen molar-refractivity contribution in [3.05, 3.63) is 58.9 Å². The highest BCUT2D eigenvalue weighted by Crippen LogP contribution is 2.35. The molecular formula is C25H30ClN3O2. The first-order valence-electron chi connectivity index (χ1n) is 11.1. The maximum Gasteiger partial charge on any atom is 0.258 e. The number of carbonyl (C=O) groups excluding carboxylic acids is 1. The minimum atomic E-state index is -0.0331. The van der Waals surface area contributed by atoms with E-state index in [4.69, 9.17) is 21.3 Å². The van der Waals surface area contributed by atoms with Crippen molar-refractivity contribution in [2.75, 3.05) is 13.7 Å². The number of imidazole rings is 1. The summed E-state index contributed by atoms with van der Waals surface area (Å²) < 4.78 is 7.79. The second-order valence-electron chi connectivity index (χ2n) is 8.75. The molecule has 0 radical (unpaired) electrons. The summed E-state index contributed by atoms with van der Waals surface area (Å²) in [6.07, 6.45) is 4.71. The fraction of sp³-hybridized carbons (Fsp3) is 0.440. The Kier molecular flexibility index (Phi) is 6.51. The number of fused-ring (bicyclic) bond motifs is 1. The third-order valence-corrected chi connectivity index (χ3v) is 6.19. The largest absolute Gasteiger partial charge is 0.496 e. The van der Waals surface area contributed by atoms with Crippen LogP contribution in [0.25, 0.3) is 11.0 Å². The van der Waals surface area contributed by atoms with Gasteiger partial charge in [-0.3, -0.25) is 4.79 Å². The second kappa shape index (κ2) is 9.31. The number of aromatic nitrogens is 2. The SMILES string of the molecule is COc1ccccc1C(=O)N(Cc1nc2ccc(Cl)cc2n1C1CCCC1)CC(C)C. The van der Waals surface area contributed by atoms with Gasteiger partial charge in [0, 0.05) is 17.6 Å². The molecule has 0 aliphatic heterocycles. The fourth-order valence-electron chi connectivity index (χ4n) is 4.62. The van der Waals surface area contributed by atoms with Crippen molar-refractivity contribution in [2.24, 2.45) is 5.92 Å². The molecule has 1 fully saturated rings. The van der Waals surface area contributed by atoms with Crippen LogP contribution in [0.3, 0.4) is 0 Å². The number of rotatable bonds is 7. The van der Waals surface area contributed by atoms with Gasteiger partial charge in [0.1, 0.15) is 11.6 Å². The quantitative estimate of drug-likeness (QED) is 0.446. The molecule has 31 heavy (non-hydrogen) atoms. The van der Waals surface area contributed by atoms with Crippen LogP contribution in [0.4, 0.5) is 0 Å². The summed E-state index contributed by atoms with van der Waals surface area (Å²) in [7, 11) is 1.60. The minimum absolute atomic E-state index is 0.0331. The predicted molar refractivity (Wildman–Crippen MR) is 125 cm³/mol. The molecule has 1 amide bonds. The number of methoxy groups -OCH3 is 1. The summed E-state index contributed by atoms with van der Waals surface area (Å²) in [5.74, 6) is 1.82.